The predicted octanol–water partition coefficient (Wildman–Crippen LogP) is -0.355. The van der Waals surface area contributed by atoms with Gasteiger partial charge in [-0.25, -0.2) is 0 Å². The van der Waals surface area contributed by atoms with E-state index in [2.05, 4.69) is 5.32 Å². The van der Waals surface area contributed by atoms with Crippen LogP contribution in [0.15, 0.2) is 0 Å². The van der Waals surface area contributed by atoms with Crippen LogP contribution in [0.4, 0.5) is 0 Å². The molecule has 4 heteroatoms. The summed E-state index contributed by atoms with van der Waals surface area (Å²) in [6.07, 6.45) is 1.59. The number of hydrogen-bond donors (Lipinski definition) is 3. The first-order valence-corrected chi connectivity index (χ1v) is 4.39. The molecular weight excluding hydrogens is 156 g/mol. The molecule has 0 aliphatic carbocycles. The third-order valence-electron chi connectivity index (χ3n) is 2.51. The molecule has 1 aliphatic heterocycles. The molecule has 1 fully saturated rings. The number of nitrogens with one attached hydrogen (secondary N) is 1. The maximum absolute atomic E-state index is 10.8. The van der Waals surface area contributed by atoms with E-state index in [-0.39, 0.29) is 11.8 Å². The van der Waals surface area contributed by atoms with Crippen LogP contribution >= 0.6 is 0 Å². The minimum Gasteiger partial charge on any atom is -0.481 e. The van der Waals surface area contributed by atoms with Crippen molar-refractivity contribution in [1.82, 2.24) is 5.32 Å². The second-order valence-corrected chi connectivity index (χ2v) is 3.27. The van der Waals surface area contributed by atoms with Crippen LogP contribution in [0.3, 0.4) is 0 Å². The molecule has 1 heterocycles. The van der Waals surface area contributed by atoms with Crippen molar-refractivity contribution >= 4 is 5.97 Å². The summed E-state index contributed by atoms with van der Waals surface area (Å²) in [5.41, 5.74) is 5.51. The Kier molecular flexibility index (Phi) is 3.49. The summed E-state index contributed by atoms with van der Waals surface area (Å²) in [7, 11) is 0. The van der Waals surface area contributed by atoms with Crippen molar-refractivity contribution in [2.75, 3.05) is 19.6 Å². The lowest BCUT2D eigenvalue weighted by molar-refractivity contribution is -0.143. The van der Waals surface area contributed by atoms with E-state index < -0.39 is 5.97 Å². The summed E-state index contributed by atoms with van der Waals surface area (Å²) in [4.78, 5) is 10.8. The molecule has 0 aromatic heterocycles. The Morgan fingerprint density at radius 2 is 2.17 bits per heavy atom. The van der Waals surface area contributed by atoms with E-state index >= 15 is 0 Å². The van der Waals surface area contributed by atoms with Crippen molar-refractivity contribution in [2.24, 2.45) is 17.6 Å². The number of aliphatic carboxylic acids is 1. The highest BCUT2D eigenvalue weighted by molar-refractivity contribution is 5.70. The van der Waals surface area contributed by atoms with Gasteiger partial charge in [-0.05, 0) is 38.4 Å². The molecule has 1 aliphatic rings. The van der Waals surface area contributed by atoms with E-state index in [0.717, 1.165) is 19.5 Å². The van der Waals surface area contributed by atoms with Gasteiger partial charge < -0.3 is 16.2 Å². The highest BCUT2D eigenvalue weighted by Gasteiger charge is 2.27. The number of carboxylic acids is 1. The van der Waals surface area contributed by atoms with Crippen LogP contribution in [-0.4, -0.2) is 30.7 Å². The largest absolute Gasteiger partial charge is 0.481 e. The average molecular weight is 172 g/mol. The van der Waals surface area contributed by atoms with Crippen LogP contribution in [0.2, 0.25) is 0 Å². The van der Waals surface area contributed by atoms with Crippen molar-refractivity contribution in [3.63, 3.8) is 0 Å². The summed E-state index contributed by atoms with van der Waals surface area (Å²) < 4.78 is 0. The summed E-state index contributed by atoms with van der Waals surface area (Å²) in [5, 5.41) is 12.1. The molecule has 12 heavy (non-hydrogen) atoms. The van der Waals surface area contributed by atoms with Crippen LogP contribution < -0.4 is 11.1 Å². The summed E-state index contributed by atoms with van der Waals surface area (Å²) in [6, 6.07) is 0. The highest BCUT2D eigenvalue weighted by atomic mass is 16.4. The van der Waals surface area contributed by atoms with Gasteiger partial charge in [-0.1, -0.05) is 0 Å². The molecule has 0 saturated carbocycles. The second kappa shape index (κ2) is 4.42. The van der Waals surface area contributed by atoms with Gasteiger partial charge in [-0.2, -0.15) is 0 Å². The van der Waals surface area contributed by atoms with E-state index in [1.807, 2.05) is 0 Å². The SMILES string of the molecule is NC[C@H]1CCNCC[C@H]1C(=O)O. The Hall–Kier alpha value is -0.610. The van der Waals surface area contributed by atoms with Crippen LogP contribution in [0.5, 0.6) is 0 Å². The lowest BCUT2D eigenvalue weighted by atomic mass is 9.88. The third kappa shape index (κ3) is 2.19. The molecular formula is C8H16N2O2. The minimum absolute atomic E-state index is 0.150. The van der Waals surface area contributed by atoms with E-state index in [1.165, 1.54) is 0 Å². The average Bonchev–Trinajstić information content (AvgIpc) is 2.27. The molecule has 0 amide bonds. The molecule has 1 saturated heterocycles. The monoisotopic (exact) mass is 172 g/mol. The molecule has 0 radical (unpaired) electrons. The Balaban J connectivity index is 2.57. The maximum Gasteiger partial charge on any atom is 0.306 e. The standard InChI is InChI=1S/C8H16N2O2/c9-5-6-1-3-10-4-2-7(6)8(11)12/h6-7,10H,1-5,9H2,(H,11,12)/t6-,7-/m1/s1. The Labute approximate surface area is 72.1 Å². The number of nitrogens with two attached hydrogens (primary N) is 1. The molecule has 0 spiro atoms. The first kappa shape index (κ1) is 9.48. The quantitative estimate of drug-likeness (QED) is 0.532. The highest BCUT2D eigenvalue weighted by Crippen LogP contribution is 2.20. The maximum atomic E-state index is 10.8. The molecule has 70 valence electrons. The lowest BCUT2D eigenvalue weighted by Gasteiger charge is -2.18. The fourth-order valence-electron chi connectivity index (χ4n) is 1.71. The number of carboxylic acid groups (broad SMARTS) is 1. The summed E-state index contributed by atoms with van der Waals surface area (Å²) >= 11 is 0. The zero-order valence-electron chi connectivity index (χ0n) is 7.12. The van der Waals surface area contributed by atoms with Crippen LogP contribution in [0.1, 0.15) is 12.8 Å². The van der Waals surface area contributed by atoms with Gasteiger partial charge in [0.05, 0.1) is 5.92 Å². The van der Waals surface area contributed by atoms with Gasteiger partial charge in [0, 0.05) is 0 Å². The van der Waals surface area contributed by atoms with E-state index in [9.17, 15) is 4.79 Å². The number of rotatable bonds is 2. The first-order valence-electron chi connectivity index (χ1n) is 4.39. The van der Waals surface area contributed by atoms with Crippen molar-refractivity contribution in [3.05, 3.63) is 0 Å². The lowest BCUT2D eigenvalue weighted by Crippen LogP contribution is -2.29. The molecule has 1 rings (SSSR count). The molecule has 0 unspecified atom stereocenters. The van der Waals surface area contributed by atoms with E-state index in [1.54, 1.807) is 0 Å². The fourth-order valence-corrected chi connectivity index (χ4v) is 1.71. The van der Waals surface area contributed by atoms with Crippen LogP contribution in [0, 0.1) is 11.8 Å². The van der Waals surface area contributed by atoms with Crippen molar-refractivity contribution in [1.29, 1.82) is 0 Å². The normalized spacial score (nSPS) is 31.1. The van der Waals surface area contributed by atoms with Gasteiger partial charge in [0.15, 0.2) is 0 Å². The topological polar surface area (TPSA) is 75.3 Å². The van der Waals surface area contributed by atoms with Gasteiger partial charge in [0.25, 0.3) is 0 Å². The molecule has 4 N–H and O–H groups in total. The minimum atomic E-state index is -0.700. The fraction of sp³-hybridized carbons (Fsp3) is 0.875. The molecule has 4 nitrogen and oxygen atoms in total. The molecule has 2 atom stereocenters. The van der Waals surface area contributed by atoms with E-state index in [4.69, 9.17) is 10.8 Å². The number of hydrogen-bond acceptors (Lipinski definition) is 3. The zero-order valence-corrected chi connectivity index (χ0v) is 7.12. The van der Waals surface area contributed by atoms with E-state index in [0.29, 0.717) is 13.0 Å². The number of carbonyl (C=O) groups is 1. The smallest absolute Gasteiger partial charge is 0.306 e. The first-order chi connectivity index (χ1) is 5.75. The molecule has 0 aromatic rings. The summed E-state index contributed by atoms with van der Waals surface area (Å²) in [5.74, 6) is -0.795. The van der Waals surface area contributed by atoms with Crippen LogP contribution in [0.25, 0.3) is 0 Å². The van der Waals surface area contributed by atoms with Crippen LogP contribution in [-0.2, 0) is 4.79 Å². The van der Waals surface area contributed by atoms with Crippen molar-refractivity contribution in [2.45, 2.75) is 12.8 Å². The second-order valence-electron chi connectivity index (χ2n) is 3.27. The van der Waals surface area contributed by atoms with Crippen molar-refractivity contribution < 1.29 is 9.90 Å². The van der Waals surface area contributed by atoms with Crippen molar-refractivity contribution in [3.8, 4) is 0 Å². The van der Waals surface area contributed by atoms with Gasteiger partial charge >= 0.3 is 5.97 Å². The zero-order chi connectivity index (χ0) is 8.97. The van der Waals surface area contributed by atoms with Gasteiger partial charge in [0.2, 0.25) is 0 Å². The Bertz CT molecular complexity index is 161. The summed E-state index contributed by atoms with van der Waals surface area (Å²) in [6.45, 7) is 2.18. The Morgan fingerprint density at radius 1 is 1.50 bits per heavy atom. The Morgan fingerprint density at radius 3 is 2.75 bits per heavy atom. The van der Waals surface area contributed by atoms with Gasteiger partial charge in [-0.15, -0.1) is 0 Å². The predicted molar refractivity (Wildman–Crippen MR) is 45.8 cm³/mol. The molecule has 0 bridgehead atoms. The van der Waals surface area contributed by atoms with Gasteiger partial charge in [0.1, 0.15) is 0 Å². The molecule has 0 aromatic carbocycles. The van der Waals surface area contributed by atoms with Gasteiger partial charge in [-0.3, -0.25) is 4.79 Å². The third-order valence-corrected chi connectivity index (χ3v) is 2.51.